The summed E-state index contributed by atoms with van der Waals surface area (Å²) < 4.78 is 14.7. The van der Waals surface area contributed by atoms with Crippen LogP contribution in [-0.2, 0) is 9.53 Å². The number of halogens is 4. The van der Waals surface area contributed by atoms with E-state index < -0.39 is 0 Å². The van der Waals surface area contributed by atoms with Gasteiger partial charge in [-0.05, 0) is 103 Å². The Hall–Kier alpha value is 1.15. The van der Waals surface area contributed by atoms with E-state index in [1.807, 2.05) is 0 Å². The molecule has 0 fully saturated rings. The van der Waals surface area contributed by atoms with Gasteiger partial charge in [-0.15, -0.1) is 0 Å². The third-order valence-corrected chi connectivity index (χ3v) is 7.72. The summed E-state index contributed by atoms with van der Waals surface area (Å²) in [6.45, 7) is 0.345. The molecule has 0 unspecified atom stereocenters. The van der Waals surface area contributed by atoms with E-state index in [0.29, 0.717) is 6.61 Å². The second-order valence-electron chi connectivity index (χ2n) is 3.03. The van der Waals surface area contributed by atoms with Crippen LogP contribution >= 0.6 is 90.4 Å². The van der Waals surface area contributed by atoms with Crippen molar-refractivity contribution in [3.8, 4) is 5.75 Å². The summed E-state index contributed by atoms with van der Waals surface area (Å²) >= 11 is 9.12. The van der Waals surface area contributed by atoms with Crippen LogP contribution in [0.4, 0.5) is 0 Å². The standard InChI is InChI=1S/C11H8I4O3/c1-17-8(16)3-2-4-18-11-7(13)5-6(12)9(14)10(11)15/h2-3,5H,4H2,1H3/b3-2+. The summed E-state index contributed by atoms with van der Waals surface area (Å²) in [6, 6.07) is 2.07. The van der Waals surface area contributed by atoms with E-state index in [2.05, 4.69) is 101 Å². The minimum Gasteiger partial charge on any atom is -0.487 e. The first-order valence-corrected chi connectivity index (χ1v) is 8.99. The first kappa shape index (κ1) is 17.2. The van der Waals surface area contributed by atoms with Gasteiger partial charge < -0.3 is 9.47 Å². The fraction of sp³-hybridized carbons (Fsp3) is 0.182. The van der Waals surface area contributed by atoms with Crippen molar-refractivity contribution in [1.29, 1.82) is 0 Å². The molecule has 0 saturated carbocycles. The molecule has 0 radical (unpaired) electrons. The number of hydrogen-bond acceptors (Lipinski definition) is 3. The van der Waals surface area contributed by atoms with Gasteiger partial charge in [0.2, 0.25) is 0 Å². The van der Waals surface area contributed by atoms with Crippen LogP contribution in [0.25, 0.3) is 0 Å². The van der Waals surface area contributed by atoms with Crippen molar-refractivity contribution in [3.63, 3.8) is 0 Å². The molecular formula is C11H8I4O3. The lowest BCUT2D eigenvalue weighted by Gasteiger charge is -2.11. The Morgan fingerprint density at radius 2 is 1.89 bits per heavy atom. The number of esters is 1. The molecule has 1 aromatic carbocycles. The number of rotatable bonds is 4. The third kappa shape index (κ3) is 4.92. The molecule has 0 aliphatic carbocycles. The van der Waals surface area contributed by atoms with Crippen LogP contribution in [0.15, 0.2) is 18.2 Å². The highest BCUT2D eigenvalue weighted by Gasteiger charge is 2.12. The third-order valence-electron chi connectivity index (χ3n) is 1.85. The SMILES string of the molecule is COC(=O)/C=C/COc1c(I)cc(I)c(I)c1I. The van der Waals surface area contributed by atoms with Gasteiger partial charge in [0.15, 0.2) is 0 Å². The van der Waals surface area contributed by atoms with Gasteiger partial charge in [0, 0.05) is 13.2 Å². The molecule has 0 aliphatic heterocycles. The molecule has 0 saturated heterocycles. The molecule has 1 rings (SSSR count). The number of ether oxygens (including phenoxy) is 2. The van der Waals surface area contributed by atoms with E-state index in [1.165, 1.54) is 20.3 Å². The molecule has 1 aromatic rings. The lowest BCUT2D eigenvalue weighted by Crippen LogP contribution is -2.02. The van der Waals surface area contributed by atoms with Crippen LogP contribution in [-0.4, -0.2) is 19.7 Å². The topological polar surface area (TPSA) is 35.5 Å². The number of methoxy groups -OCH3 is 1. The van der Waals surface area contributed by atoms with Crippen molar-refractivity contribution in [2.24, 2.45) is 0 Å². The number of carbonyl (C=O) groups is 1. The quantitative estimate of drug-likeness (QED) is 0.156. The number of hydrogen-bond donors (Lipinski definition) is 0. The van der Waals surface area contributed by atoms with E-state index in [4.69, 9.17) is 4.74 Å². The molecule has 3 nitrogen and oxygen atoms in total. The Kier molecular flexibility index (Phi) is 8.07. The van der Waals surface area contributed by atoms with E-state index in [1.54, 1.807) is 6.08 Å². The van der Waals surface area contributed by atoms with Crippen molar-refractivity contribution in [2.75, 3.05) is 13.7 Å². The summed E-state index contributed by atoms with van der Waals surface area (Å²) in [5.41, 5.74) is 0. The lowest BCUT2D eigenvalue weighted by molar-refractivity contribution is -0.134. The molecular weight excluding hydrogens is 688 g/mol. The molecule has 0 bridgehead atoms. The van der Waals surface area contributed by atoms with Crippen molar-refractivity contribution in [2.45, 2.75) is 0 Å². The first-order valence-electron chi connectivity index (χ1n) is 4.67. The van der Waals surface area contributed by atoms with Crippen LogP contribution in [0.2, 0.25) is 0 Å². The van der Waals surface area contributed by atoms with Gasteiger partial charge in [0.1, 0.15) is 12.4 Å². The molecule has 98 valence electrons. The monoisotopic (exact) mass is 696 g/mol. The smallest absolute Gasteiger partial charge is 0.330 e. The lowest BCUT2D eigenvalue weighted by atomic mass is 10.3. The molecule has 0 heterocycles. The van der Waals surface area contributed by atoms with Gasteiger partial charge in [-0.3, -0.25) is 0 Å². The van der Waals surface area contributed by atoms with Crippen molar-refractivity contribution >= 4 is 96.3 Å². The van der Waals surface area contributed by atoms with Gasteiger partial charge in [-0.25, -0.2) is 4.79 Å². The molecule has 0 aliphatic rings. The maximum atomic E-state index is 10.9. The average molecular weight is 696 g/mol. The Morgan fingerprint density at radius 1 is 1.22 bits per heavy atom. The molecule has 0 amide bonds. The summed E-state index contributed by atoms with van der Waals surface area (Å²) in [6.07, 6.45) is 3.00. The fourth-order valence-corrected chi connectivity index (χ4v) is 5.11. The minimum atomic E-state index is -0.375. The molecule has 0 N–H and O–H groups in total. The highest BCUT2D eigenvalue weighted by molar-refractivity contribution is 14.1. The predicted octanol–water partition coefficient (Wildman–Crippen LogP) is 4.21. The second-order valence-corrected chi connectivity index (χ2v) is 7.52. The molecule has 7 heteroatoms. The van der Waals surface area contributed by atoms with E-state index in [0.717, 1.165) is 12.9 Å². The molecule has 0 aromatic heterocycles. The van der Waals surface area contributed by atoms with Gasteiger partial charge in [0.25, 0.3) is 0 Å². The average Bonchev–Trinajstić information content (AvgIpc) is 2.34. The van der Waals surface area contributed by atoms with Crippen molar-refractivity contribution in [1.82, 2.24) is 0 Å². The van der Waals surface area contributed by atoms with Crippen LogP contribution < -0.4 is 4.74 Å². The Bertz CT molecular complexity index is 486. The summed E-state index contributed by atoms with van der Waals surface area (Å²) in [5.74, 6) is 0.482. The van der Waals surface area contributed by atoms with E-state index in [-0.39, 0.29) is 5.97 Å². The van der Waals surface area contributed by atoms with Gasteiger partial charge in [-0.1, -0.05) is 0 Å². The zero-order valence-corrected chi connectivity index (χ0v) is 17.8. The van der Waals surface area contributed by atoms with Crippen LogP contribution in [0.5, 0.6) is 5.75 Å². The first-order chi connectivity index (χ1) is 8.47. The zero-order chi connectivity index (χ0) is 13.7. The van der Waals surface area contributed by atoms with Gasteiger partial charge in [0.05, 0.1) is 14.3 Å². The maximum absolute atomic E-state index is 10.9. The Balaban J connectivity index is 2.77. The molecule has 18 heavy (non-hydrogen) atoms. The Labute approximate surface area is 160 Å². The normalized spacial score (nSPS) is 10.7. The maximum Gasteiger partial charge on any atom is 0.330 e. The Morgan fingerprint density at radius 3 is 2.50 bits per heavy atom. The van der Waals surface area contributed by atoms with Crippen LogP contribution in [0.1, 0.15) is 0 Å². The van der Waals surface area contributed by atoms with Crippen LogP contribution in [0.3, 0.4) is 0 Å². The van der Waals surface area contributed by atoms with Gasteiger partial charge in [-0.2, -0.15) is 0 Å². The van der Waals surface area contributed by atoms with Crippen LogP contribution in [0, 0.1) is 14.3 Å². The highest BCUT2D eigenvalue weighted by Crippen LogP contribution is 2.34. The van der Waals surface area contributed by atoms with E-state index in [9.17, 15) is 4.79 Å². The number of carbonyl (C=O) groups excluding carboxylic acids is 1. The number of benzene rings is 1. The van der Waals surface area contributed by atoms with Gasteiger partial charge >= 0.3 is 5.97 Å². The largest absolute Gasteiger partial charge is 0.487 e. The zero-order valence-electron chi connectivity index (χ0n) is 9.18. The van der Waals surface area contributed by atoms with Crippen molar-refractivity contribution in [3.05, 3.63) is 32.5 Å². The summed E-state index contributed by atoms with van der Waals surface area (Å²) in [4.78, 5) is 10.9. The highest BCUT2D eigenvalue weighted by atomic mass is 127. The predicted molar refractivity (Wildman–Crippen MR) is 104 cm³/mol. The minimum absolute atomic E-state index is 0.345. The summed E-state index contributed by atoms with van der Waals surface area (Å²) in [7, 11) is 1.35. The van der Waals surface area contributed by atoms with E-state index >= 15 is 0 Å². The molecule has 0 spiro atoms. The van der Waals surface area contributed by atoms with Crippen molar-refractivity contribution < 1.29 is 14.3 Å². The summed E-state index contributed by atoms with van der Waals surface area (Å²) in [5, 5.41) is 0. The fourth-order valence-electron chi connectivity index (χ4n) is 1.03. The molecule has 0 atom stereocenters. The second kappa shape index (κ2) is 8.44.